The average Bonchev–Trinajstić information content (AvgIpc) is 3.17. The highest BCUT2D eigenvalue weighted by molar-refractivity contribution is 5.95. The van der Waals surface area contributed by atoms with E-state index in [1.165, 1.54) is 46.2 Å². The Balaban J connectivity index is 1.35. The molecule has 5 rings (SSSR count). The topological polar surface area (TPSA) is 71.6 Å². The molecule has 0 N–H and O–H groups in total. The molecule has 0 unspecified atom stereocenters. The van der Waals surface area contributed by atoms with Crippen molar-refractivity contribution < 1.29 is 45.8 Å². The summed E-state index contributed by atoms with van der Waals surface area (Å²) in [5, 5.41) is 0. The molecule has 0 aromatic heterocycles. The molecule has 0 radical (unpaired) electrons. The lowest BCUT2D eigenvalue weighted by Gasteiger charge is -2.33. The predicted octanol–water partition coefficient (Wildman–Crippen LogP) is 7.47. The van der Waals surface area contributed by atoms with Gasteiger partial charge in [-0.15, -0.1) is 0 Å². The molecule has 0 aliphatic carbocycles. The Labute approximate surface area is 311 Å². The van der Waals surface area contributed by atoms with Gasteiger partial charge >= 0.3 is 12.8 Å². The van der Waals surface area contributed by atoms with Crippen LogP contribution in [0.3, 0.4) is 0 Å². The second-order valence-electron chi connectivity index (χ2n) is 12.7. The van der Waals surface area contributed by atoms with Gasteiger partial charge in [0.25, 0.3) is 0 Å². The van der Waals surface area contributed by atoms with Gasteiger partial charge in [-0.05, 0) is 64.7 Å². The van der Waals surface area contributed by atoms with Crippen LogP contribution in [0.1, 0.15) is 27.8 Å². The van der Waals surface area contributed by atoms with E-state index in [0.717, 1.165) is 47.6 Å². The van der Waals surface area contributed by atoms with E-state index in [0.29, 0.717) is 18.8 Å². The predicted molar refractivity (Wildman–Crippen MR) is 195 cm³/mol. The molecule has 1 heterocycles. The zero-order chi connectivity index (χ0) is 38.5. The number of ether oxygens (including phenoxy) is 3. The number of carbonyl (C=O) groups excluding carboxylic acids is 2. The van der Waals surface area contributed by atoms with Gasteiger partial charge in [0.2, 0.25) is 11.8 Å². The van der Waals surface area contributed by atoms with E-state index in [-0.39, 0.29) is 44.4 Å². The summed E-state index contributed by atoms with van der Waals surface area (Å²) in [6, 6.07) is 26.6. The van der Waals surface area contributed by atoms with Crippen LogP contribution in [-0.2, 0) is 44.8 Å². The molecule has 1 saturated heterocycles. The van der Waals surface area contributed by atoms with Gasteiger partial charge in [0.15, 0.2) is 0 Å². The van der Waals surface area contributed by atoms with Crippen molar-refractivity contribution in [2.45, 2.75) is 38.4 Å². The Bertz CT molecular complexity index is 1800. The summed E-state index contributed by atoms with van der Waals surface area (Å²) in [5.74, 6) is -0.799. The van der Waals surface area contributed by atoms with Crippen molar-refractivity contribution in [2.75, 3.05) is 51.4 Å². The lowest BCUT2D eigenvalue weighted by atomic mass is 10.0. The van der Waals surface area contributed by atoms with Crippen LogP contribution in [0, 0.1) is 0 Å². The van der Waals surface area contributed by atoms with E-state index < -0.39 is 30.3 Å². The highest BCUT2D eigenvalue weighted by Crippen LogP contribution is 2.29. The maximum absolute atomic E-state index is 14.3. The largest absolute Gasteiger partial charge is 0.435 e. The molecule has 1 fully saturated rings. The summed E-state index contributed by atoms with van der Waals surface area (Å²) in [7, 11) is 1.62. The zero-order valence-electron chi connectivity index (χ0n) is 29.8. The molecule has 4 aromatic rings. The molecule has 0 bridgehead atoms. The fraction of sp³-hybridized carbons (Fsp3) is 0.317. The third-order valence-corrected chi connectivity index (χ3v) is 8.90. The lowest BCUT2D eigenvalue weighted by molar-refractivity contribution is -0.143. The summed E-state index contributed by atoms with van der Waals surface area (Å²) in [4.78, 5) is 33.6. The fourth-order valence-electron chi connectivity index (χ4n) is 5.91. The first-order chi connectivity index (χ1) is 26.0. The fourth-order valence-corrected chi connectivity index (χ4v) is 5.91. The van der Waals surface area contributed by atoms with Gasteiger partial charge in [-0.25, -0.2) is 0 Å². The number of morpholine rings is 1. The summed E-state index contributed by atoms with van der Waals surface area (Å²) in [6.45, 7) is 0.438. The van der Waals surface area contributed by atoms with Crippen LogP contribution in [0.25, 0.3) is 6.08 Å². The molecule has 1 atom stereocenters. The number of anilines is 1. The molecule has 2 amide bonds. The van der Waals surface area contributed by atoms with Gasteiger partial charge in [-0.2, -0.15) is 22.0 Å². The van der Waals surface area contributed by atoms with Crippen LogP contribution in [0.4, 0.5) is 27.6 Å². The van der Waals surface area contributed by atoms with Gasteiger partial charge < -0.3 is 28.9 Å². The lowest BCUT2D eigenvalue weighted by Crippen LogP contribution is -2.51. The van der Waals surface area contributed by atoms with Gasteiger partial charge in [0.05, 0.1) is 32.0 Å². The molecular weight excluding hydrogens is 709 g/mol. The smallest absolute Gasteiger partial charge is 0.416 e. The minimum atomic E-state index is -4.49. The number of halogens is 5. The van der Waals surface area contributed by atoms with Gasteiger partial charge in [0, 0.05) is 51.4 Å². The van der Waals surface area contributed by atoms with Crippen LogP contribution in [0.2, 0.25) is 0 Å². The number of amides is 2. The Kier molecular flexibility index (Phi) is 14.2. The van der Waals surface area contributed by atoms with Gasteiger partial charge in [-0.1, -0.05) is 66.7 Å². The molecule has 13 heteroatoms. The number of rotatable bonds is 16. The first-order valence-electron chi connectivity index (χ1n) is 17.4. The number of benzene rings is 4. The van der Waals surface area contributed by atoms with Crippen molar-refractivity contribution >= 4 is 23.6 Å². The highest BCUT2D eigenvalue weighted by Gasteiger charge is 2.32. The van der Waals surface area contributed by atoms with Crippen LogP contribution in [0.15, 0.2) is 109 Å². The van der Waals surface area contributed by atoms with E-state index in [4.69, 9.17) is 9.47 Å². The number of nitrogens with zero attached hydrogens (tertiary/aromatic N) is 3. The van der Waals surface area contributed by atoms with Crippen molar-refractivity contribution in [2.24, 2.45) is 0 Å². The van der Waals surface area contributed by atoms with E-state index in [1.807, 2.05) is 54.6 Å². The Morgan fingerprint density at radius 1 is 0.852 bits per heavy atom. The third kappa shape index (κ3) is 11.9. The van der Waals surface area contributed by atoms with Crippen LogP contribution < -0.4 is 9.64 Å². The Morgan fingerprint density at radius 3 is 2.13 bits per heavy atom. The van der Waals surface area contributed by atoms with E-state index >= 15 is 0 Å². The summed E-state index contributed by atoms with van der Waals surface area (Å²) in [6.07, 6.45) is -1.58. The third-order valence-electron chi connectivity index (χ3n) is 8.90. The number of hydrogen-bond acceptors (Lipinski definition) is 6. The summed E-state index contributed by atoms with van der Waals surface area (Å²) >= 11 is 0. The molecule has 4 aromatic carbocycles. The van der Waals surface area contributed by atoms with Crippen molar-refractivity contribution in [3.63, 3.8) is 0 Å². The Morgan fingerprint density at radius 2 is 1.50 bits per heavy atom. The maximum Gasteiger partial charge on any atom is 0.416 e. The molecule has 0 spiro atoms. The second-order valence-corrected chi connectivity index (χ2v) is 12.7. The number of hydrogen-bond donors (Lipinski definition) is 0. The van der Waals surface area contributed by atoms with Crippen molar-refractivity contribution in [3.8, 4) is 5.75 Å². The number of likely N-dealkylation sites (N-methyl/N-ethyl adjacent to an activating group) is 1. The van der Waals surface area contributed by atoms with Crippen molar-refractivity contribution in [3.05, 3.63) is 137 Å². The summed E-state index contributed by atoms with van der Waals surface area (Å²) in [5.41, 5.74) is 2.94. The van der Waals surface area contributed by atoms with Crippen molar-refractivity contribution in [1.82, 2.24) is 9.80 Å². The van der Waals surface area contributed by atoms with E-state index in [9.17, 15) is 31.5 Å². The molecule has 1 aliphatic rings. The standard InChI is InChI=1S/C41H42F5N3O5/c1-47(21-24-53-29-33-11-18-36(19-12-33)54-40(42)43)39(51)37(27-31-5-3-2-4-6-31)49(28-32-9-16-35(17-10-32)48-22-25-52-26-23-48)38(50)20-13-30-7-14-34(15-8-30)41(44,45)46/h2-20,37,40H,21-29H2,1H3/t37-/m0/s1. The molecule has 54 heavy (non-hydrogen) atoms. The molecule has 0 saturated carbocycles. The average molecular weight is 752 g/mol. The van der Waals surface area contributed by atoms with Gasteiger partial charge in [0.1, 0.15) is 11.8 Å². The van der Waals surface area contributed by atoms with Crippen LogP contribution in [-0.4, -0.2) is 80.8 Å². The summed E-state index contributed by atoms with van der Waals surface area (Å²) < 4.78 is 80.1. The molecule has 286 valence electrons. The SMILES string of the molecule is CN(CCOCc1ccc(OC(F)F)cc1)C(=O)[C@H](Cc1ccccc1)N(Cc1ccc(N2CCOCC2)cc1)C(=O)C=Cc1ccc(C(F)(F)F)cc1. The number of carbonyl (C=O) groups is 2. The first kappa shape index (κ1) is 39.9. The molecule has 1 aliphatic heterocycles. The minimum absolute atomic E-state index is 0.0323. The molecule has 8 nitrogen and oxygen atoms in total. The van der Waals surface area contributed by atoms with Crippen LogP contribution >= 0.6 is 0 Å². The number of alkyl halides is 5. The Hall–Kier alpha value is -5.27. The highest BCUT2D eigenvalue weighted by atomic mass is 19.4. The van der Waals surface area contributed by atoms with Crippen LogP contribution in [0.5, 0.6) is 5.75 Å². The second kappa shape index (κ2) is 19.2. The van der Waals surface area contributed by atoms with E-state index in [2.05, 4.69) is 9.64 Å². The zero-order valence-corrected chi connectivity index (χ0v) is 29.8. The maximum atomic E-state index is 14.3. The monoisotopic (exact) mass is 751 g/mol. The quantitative estimate of drug-likeness (QED) is 0.0673. The van der Waals surface area contributed by atoms with Gasteiger partial charge in [-0.3, -0.25) is 9.59 Å². The van der Waals surface area contributed by atoms with E-state index in [1.54, 1.807) is 19.2 Å². The molecular formula is C41H42F5N3O5. The normalized spacial score (nSPS) is 13.9. The minimum Gasteiger partial charge on any atom is -0.435 e. The van der Waals surface area contributed by atoms with Crippen molar-refractivity contribution in [1.29, 1.82) is 0 Å². The first-order valence-corrected chi connectivity index (χ1v) is 17.4.